The van der Waals surface area contributed by atoms with Gasteiger partial charge in [0.05, 0.1) is 15.6 Å². The molecule has 2 aromatic heterocycles. The van der Waals surface area contributed by atoms with E-state index in [1.54, 1.807) is 18.2 Å². The molecular formula is C33H22F2O4S. The average Bonchev–Trinajstić information content (AvgIpc) is 3.35. The molecule has 0 saturated heterocycles. The SMILES string of the molecule is CC(=O)CC(c1ccccc1)c1c(O)c2ccc3c(-c4ccccc4)c(-c4ccc(F)c(F)c4)sc3c2oc1=O. The lowest BCUT2D eigenvalue weighted by Crippen LogP contribution is -2.16. The van der Waals surface area contributed by atoms with Crippen molar-refractivity contribution >= 4 is 38.2 Å². The second-order valence-corrected chi connectivity index (χ2v) is 10.7. The van der Waals surface area contributed by atoms with E-state index in [4.69, 9.17) is 4.42 Å². The highest BCUT2D eigenvalue weighted by Crippen LogP contribution is 2.48. The number of rotatable bonds is 6. The fourth-order valence-corrected chi connectivity index (χ4v) is 6.52. The molecule has 0 spiro atoms. The molecule has 0 aliphatic heterocycles. The van der Waals surface area contributed by atoms with Crippen molar-refractivity contribution in [3.05, 3.63) is 124 Å². The molecule has 0 radical (unpaired) electrons. The number of benzene rings is 4. The summed E-state index contributed by atoms with van der Waals surface area (Å²) in [5, 5.41) is 12.5. The van der Waals surface area contributed by atoms with Gasteiger partial charge in [0.25, 0.3) is 0 Å². The molecule has 0 saturated carbocycles. The van der Waals surface area contributed by atoms with Crippen molar-refractivity contribution in [2.75, 3.05) is 0 Å². The van der Waals surface area contributed by atoms with Gasteiger partial charge in [-0.2, -0.15) is 0 Å². The molecular weight excluding hydrogens is 530 g/mol. The highest BCUT2D eigenvalue weighted by molar-refractivity contribution is 7.24. The second kappa shape index (κ2) is 10.2. The summed E-state index contributed by atoms with van der Waals surface area (Å²) in [6.45, 7) is 1.44. The molecule has 4 aromatic carbocycles. The molecule has 1 unspecified atom stereocenters. The smallest absolute Gasteiger partial charge is 0.343 e. The molecule has 0 aliphatic rings. The molecule has 198 valence electrons. The first-order valence-corrected chi connectivity index (χ1v) is 13.5. The number of Topliss-reactive ketones (excluding diaryl/α,β-unsaturated/α-hetero) is 1. The molecule has 1 atom stereocenters. The first-order chi connectivity index (χ1) is 19.3. The molecule has 0 aliphatic carbocycles. The second-order valence-electron chi connectivity index (χ2n) is 9.64. The zero-order valence-corrected chi connectivity index (χ0v) is 22.1. The molecule has 6 aromatic rings. The van der Waals surface area contributed by atoms with Gasteiger partial charge in [-0.1, -0.05) is 72.8 Å². The maximum Gasteiger partial charge on any atom is 0.343 e. The van der Waals surface area contributed by atoms with Gasteiger partial charge in [0, 0.05) is 28.2 Å². The quantitative estimate of drug-likeness (QED) is 0.211. The van der Waals surface area contributed by atoms with Gasteiger partial charge < -0.3 is 9.52 Å². The van der Waals surface area contributed by atoms with Crippen LogP contribution in [0.4, 0.5) is 8.78 Å². The maximum absolute atomic E-state index is 14.3. The van der Waals surface area contributed by atoms with Crippen molar-refractivity contribution in [3.63, 3.8) is 0 Å². The molecule has 0 fully saturated rings. The van der Waals surface area contributed by atoms with Gasteiger partial charge in [-0.05, 0) is 41.8 Å². The molecule has 7 heteroatoms. The zero-order valence-electron chi connectivity index (χ0n) is 21.3. The van der Waals surface area contributed by atoms with E-state index < -0.39 is 23.2 Å². The molecule has 40 heavy (non-hydrogen) atoms. The summed E-state index contributed by atoms with van der Waals surface area (Å²) in [7, 11) is 0. The van der Waals surface area contributed by atoms with E-state index in [0.29, 0.717) is 26.1 Å². The first-order valence-electron chi connectivity index (χ1n) is 12.6. The van der Waals surface area contributed by atoms with Gasteiger partial charge in [-0.25, -0.2) is 13.6 Å². The number of aromatic hydroxyl groups is 1. The van der Waals surface area contributed by atoms with E-state index in [1.165, 1.54) is 24.3 Å². The Bertz CT molecular complexity index is 1960. The summed E-state index contributed by atoms with van der Waals surface area (Å²) < 4.78 is 34.5. The van der Waals surface area contributed by atoms with Crippen LogP contribution in [-0.4, -0.2) is 10.9 Å². The predicted molar refractivity (Wildman–Crippen MR) is 154 cm³/mol. The van der Waals surface area contributed by atoms with Crippen LogP contribution in [0, 0.1) is 11.6 Å². The minimum Gasteiger partial charge on any atom is -0.507 e. The van der Waals surface area contributed by atoms with Crippen LogP contribution in [0.1, 0.15) is 30.4 Å². The molecule has 6 rings (SSSR count). The standard InChI is InChI=1S/C33H22F2O4S/c1-18(36)16-24(19-8-4-2-5-9-19)28-29(37)23-14-13-22-27(20-10-6-3-7-11-20)31(21-12-15-25(34)26(35)17-21)40-32(22)30(23)39-33(28)38/h2-15,17,24,37H,16H2,1H3. The van der Waals surface area contributed by atoms with E-state index in [1.807, 2.05) is 54.6 Å². The van der Waals surface area contributed by atoms with E-state index in [-0.39, 0.29) is 29.1 Å². The third kappa shape index (κ3) is 4.38. The van der Waals surface area contributed by atoms with Gasteiger partial charge in [0.1, 0.15) is 11.5 Å². The lowest BCUT2D eigenvalue weighted by molar-refractivity contribution is -0.117. The fraction of sp³-hybridized carbons (Fsp3) is 0.0909. The zero-order chi connectivity index (χ0) is 28.0. The summed E-state index contributed by atoms with van der Waals surface area (Å²) in [6.07, 6.45) is 0.0213. The van der Waals surface area contributed by atoms with Crippen molar-refractivity contribution in [2.24, 2.45) is 0 Å². The Labute approximate surface area is 231 Å². The summed E-state index contributed by atoms with van der Waals surface area (Å²) in [6, 6.07) is 25.8. The Morgan fingerprint density at radius 1 is 0.875 bits per heavy atom. The summed E-state index contributed by atoms with van der Waals surface area (Å²) in [4.78, 5) is 26.3. The minimum absolute atomic E-state index is 0.0213. The number of thiophene rings is 1. The first kappa shape index (κ1) is 25.6. The van der Waals surface area contributed by atoms with Crippen molar-refractivity contribution in [2.45, 2.75) is 19.3 Å². The average molecular weight is 553 g/mol. The number of fused-ring (bicyclic) bond motifs is 3. The third-order valence-electron chi connectivity index (χ3n) is 7.02. The Morgan fingerprint density at radius 2 is 1.55 bits per heavy atom. The largest absolute Gasteiger partial charge is 0.507 e. The van der Waals surface area contributed by atoms with Crippen molar-refractivity contribution < 1.29 is 23.1 Å². The van der Waals surface area contributed by atoms with Crippen LogP contribution < -0.4 is 5.63 Å². The maximum atomic E-state index is 14.3. The number of halogens is 2. The topological polar surface area (TPSA) is 67.5 Å². The molecule has 2 heterocycles. The Balaban J connectivity index is 1.64. The molecule has 4 nitrogen and oxygen atoms in total. The van der Waals surface area contributed by atoms with E-state index in [9.17, 15) is 23.5 Å². The number of carbonyl (C=O) groups is 1. The fourth-order valence-electron chi connectivity index (χ4n) is 5.21. The van der Waals surface area contributed by atoms with Crippen LogP contribution >= 0.6 is 11.3 Å². The lowest BCUT2D eigenvalue weighted by Gasteiger charge is -2.17. The monoisotopic (exact) mass is 552 g/mol. The lowest BCUT2D eigenvalue weighted by atomic mass is 9.87. The third-order valence-corrected chi connectivity index (χ3v) is 8.28. The highest BCUT2D eigenvalue weighted by atomic mass is 32.1. The highest BCUT2D eigenvalue weighted by Gasteiger charge is 2.28. The number of ketones is 1. The summed E-state index contributed by atoms with van der Waals surface area (Å²) >= 11 is 1.27. The van der Waals surface area contributed by atoms with Crippen molar-refractivity contribution in [1.82, 2.24) is 0 Å². The molecule has 1 N–H and O–H groups in total. The minimum atomic E-state index is -0.968. The van der Waals surface area contributed by atoms with Crippen LogP contribution in [0.2, 0.25) is 0 Å². The van der Waals surface area contributed by atoms with Crippen LogP contribution in [-0.2, 0) is 4.79 Å². The number of hydrogen-bond donors (Lipinski definition) is 1. The number of carbonyl (C=O) groups excluding carboxylic acids is 1. The van der Waals surface area contributed by atoms with Gasteiger partial charge in [0.2, 0.25) is 0 Å². The Hall–Kier alpha value is -4.62. The Morgan fingerprint density at radius 3 is 2.23 bits per heavy atom. The Kier molecular flexibility index (Phi) is 6.52. The van der Waals surface area contributed by atoms with E-state index >= 15 is 0 Å². The molecule has 0 amide bonds. The van der Waals surface area contributed by atoms with Gasteiger partial charge in [-0.15, -0.1) is 11.3 Å². The van der Waals surface area contributed by atoms with Crippen LogP contribution in [0.25, 0.3) is 42.6 Å². The van der Waals surface area contributed by atoms with Crippen LogP contribution in [0.15, 0.2) is 100 Å². The van der Waals surface area contributed by atoms with E-state index in [0.717, 1.165) is 28.6 Å². The van der Waals surface area contributed by atoms with E-state index in [2.05, 4.69) is 0 Å². The predicted octanol–water partition coefficient (Wildman–Crippen LogP) is 8.44. The van der Waals surface area contributed by atoms with Gasteiger partial charge in [0.15, 0.2) is 17.2 Å². The normalized spacial score (nSPS) is 12.2. The van der Waals surface area contributed by atoms with Gasteiger partial charge in [-0.3, -0.25) is 4.79 Å². The van der Waals surface area contributed by atoms with Crippen molar-refractivity contribution in [1.29, 1.82) is 0 Å². The number of hydrogen-bond acceptors (Lipinski definition) is 5. The summed E-state index contributed by atoms with van der Waals surface area (Å²) in [5.74, 6) is -2.97. The summed E-state index contributed by atoms with van der Waals surface area (Å²) in [5.41, 5.74) is 2.28. The van der Waals surface area contributed by atoms with Crippen molar-refractivity contribution in [3.8, 4) is 27.3 Å². The van der Waals surface area contributed by atoms with Crippen LogP contribution in [0.3, 0.4) is 0 Å². The molecule has 0 bridgehead atoms. The van der Waals surface area contributed by atoms with Gasteiger partial charge >= 0.3 is 5.63 Å². The van der Waals surface area contributed by atoms with Crippen LogP contribution in [0.5, 0.6) is 5.75 Å².